The van der Waals surface area contributed by atoms with Crippen LogP contribution in [0.2, 0.25) is 5.02 Å². The predicted molar refractivity (Wildman–Crippen MR) is 71.5 cm³/mol. The minimum absolute atomic E-state index is 0.0901. The number of anilines is 1. The van der Waals surface area contributed by atoms with Gasteiger partial charge >= 0.3 is 0 Å². The number of nitrogens with two attached hydrogens (primary N) is 1. The van der Waals surface area contributed by atoms with Gasteiger partial charge in [0.15, 0.2) is 9.84 Å². The first-order chi connectivity index (χ1) is 8.25. The second-order valence-electron chi connectivity index (χ2n) is 3.92. The number of sulfone groups is 1. The topological polar surface area (TPSA) is 89.3 Å². The molecule has 3 N–H and O–H groups in total. The van der Waals surface area contributed by atoms with Gasteiger partial charge in [0, 0.05) is 6.26 Å². The first-order valence-electron chi connectivity index (χ1n) is 5.31. The van der Waals surface area contributed by atoms with Gasteiger partial charge in [0.25, 0.3) is 0 Å². The Labute approximate surface area is 111 Å². The molecule has 0 unspecified atom stereocenters. The van der Waals surface area contributed by atoms with E-state index in [0.29, 0.717) is 6.42 Å². The summed E-state index contributed by atoms with van der Waals surface area (Å²) in [5.74, 6) is -0.398. The highest BCUT2D eigenvalue weighted by molar-refractivity contribution is 7.90. The molecular formula is C11H15ClN2O3S. The van der Waals surface area contributed by atoms with Gasteiger partial charge in [-0.05, 0) is 24.6 Å². The normalized spacial score (nSPS) is 13.1. The van der Waals surface area contributed by atoms with E-state index in [1.54, 1.807) is 6.92 Å². The number of amides is 1. The van der Waals surface area contributed by atoms with Crippen molar-refractivity contribution < 1.29 is 13.2 Å². The van der Waals surface area contributed by atoms with E-state index in [4.69, 9.17) is 17.3 Å². The maximum Gasteiger partial charge on any atom is 0.241 e. The zero-order valence-electron chi connectivity index (χ0n) is 10.1. The van der Waals surface area contributed by atoms with E-state index in [-0.39, 0.29) is 15.6 Å². The Kier molecular flexibility index (Phi) is 4.72. The number of nitrogens with one attached hydrogen (secondary N) is 1. The number of carbonyl (C=O) groups is 1. The second-order valence-corrected chi connectivity index (χ2v) is 6.34. The van der Waals surface area contributed by atoms with Crippen LogP contribution in [0.15, 0.2) is 23.1 Å². The van der Waals surface area contributed by atoms with E-state index >= 15 is 0 Å². The Morgan fingerprint density at radius 3 is 2.61 bits per heavy atom. The van der Waals surface area contributed by atoms with Gasteiger partial charge in [0.1, 0.15) is 0 Å². The lowest BCUT2D eigenvalue weighted by Crippen LogP contribution is -2.34. The molecule has 1 amide bonds. The van der Waals surface area contributed by atoms with Crippen LogP contribution >= 0.6 is 11.6 Å². The largest absolute Gasteiger partial charge is 0.323 e. The summed E-state index contributed by atoms with van der Waals surface area (Å²) in [5.41, 5.74) is 5.81. The summed E-state index contributed by atoms with van der Waals surface area (Å²) in [7, 11) is -3.34. The lowest BCUT2D eigenvalue weighted by molar-refractivity contribution is -0.117. The van der Waals surface area contributed by atoms with Crippen molar-refractivity contribution in [3.05, 3.63) is 23.2 Å². The average molecular weight is 291 g/mol. The number of rotatable bonds is 4. The summed E-state index contributed by atoms with van der Waals surface area (Å²) in [6.45, 7) is 1.78. The number of hydrogen-bond donors (Lipinski definition) is 2. The molecule has 0 radical (unpaired) electrons. The average Bonchev–Trinajstić information content (AvgIpc) is 2.29. The van der Waals surface area contributed by atoms with Gasteiger partial charge in [-0.1, -0.05) is 18.5 Å². The van der Waals surface area contributed by atoms with Crippen LogP contribution in [0.3, 0.4) is 0 Å². The van der Waals surface area contributed by atoms with Gasteiger partial charge in [-0.3, -0.25) is 4.79 Å². The highest BCUT2D eigenvalue weighted by Gasteiger charge is 2.15. The van der Waals surface area contributed by atoms with E-state index < -0.39 is 21.8 Å². The number of halogens is 1. The molecule has 5 nitrogen and oxygen atoms in total. The van der Waals surface area contributed by atoms with Crippen LogP contribution in [0.4, 0.5) is 5.69 Å². The van der Waals surface area contributed by atoms with Crippen LogP contribution < -0.4 is 11.1 Å². The van der Waals surface area contributed by atoms with Crippen molar-refractivity contribution in [3.8, 4) is 0 Å². The van der Waals surface area contributed by atoms with Gasteiger partial charge < -0.3 is 11.1 Å². The summed E-state index contributed by atoms with van der Waals surface area (Å²) in [4.78, 5) is 11.7. The molecule has 7 heteroatoms. The predicted octanol–water partition coefficient (Wildman–Crippen LogP) is 1.42. The molecule has 0 aromatic heterocycles. The first kappa shape index (κ1) is 14.9. The monoisotopic (exact) mass is 290 g/mol. The van der Waals surface area contributed by atoms with Gasteiger partial charge in [0.05, 0.1) is 21.6 Å². The van der Waals surface area contributed by atoms with Crippen molar-refractivity contribution in [1.29, 1.82) is 0 Å². The van der Waals surface area contributed by atoms with Gasteiger partial charge in [-0.2, -0.15) is 0 Å². The number of hydrogen-bond acceptors (Lipinski definition) is 4. The van der Waals surface area contributed by atoms with Gasteiger partial charge in [0.2, 0.25) is 5.91 Å². The van der Waals surface area contributed by atoms with E-state index in [0.717, 1.165) is 6.26 Å². The molecule has 0 heterocycles. The third-order valence-electron chi connectivity index (χ3n) is 2.40. The van der Waals surface area contributed by atoms with Crippen molar-refractivity contribution >= 4 is 33.0 Å². The van der Waals surface area contributed by atoms with Crippen molar-refractivity contribution in [1.82, 2.24) is 0 Å². The Bertz CT molecular complexity index is 557. The van der Waals surface area contributed by atoms with Crippen LogP contribution in [0.25, 0.3) is 0 Å². The molecule has 0 aliphatic carbocycles. The number of carbonyl (C=O) groups excluding carboxylic acids is 1. The van der Waals surface area contributed by atoms with Crippen molar-refractivity contribution in [2.45, 2.75) is 24.3 Å². The van der Waals surface area contributed by atoms with Crippen molar-refractivity contribution in [2.75, 3.05) is 11.6 Å². The van der Waals surface area contributed by atoms with Crippen LogP contribution in [0, 0.1) is 0 Å². The minimum Gasteiger partial charge on any atom is -0.323 e. The van der Waals surface area contributed by atoms with E-state index in [1.165, 1.54) is 18.2 Å². The first-order valence-corrected chi connectivity index (χ1v) is 7.58. The zero-order valence-corrected chi connectivity index (χ0v) is 11.7. The highest BCUT2D eigenvalue weighted by Crippen LogP contribution is 2.25. The van der Waals surface area contributed by atoms with Crippen LogP contribution in [0.1, 0.15) is 13.3 Å². The molecule has 0 spiro atoms. The molecule has 1 rings (SSSR count). The summed E-state index contributed by atoms with van der Waals surface area (Å²) in [5, 5.41) is 2.78. The fourth-order valence-corrected chi connectivity index (χ4v) is 2.05. The Balaban J connectivity index is 3.06. The third-order valence-corrected chi connectivity index (χ3v) is 3.84. The maximum absolute atomic E-state index is 11.6. The van der Waals surface area contributed by atoms with Crippen molar-refractivity contribution in [2.24, 2.45) is 5.73 Å². The third kappa shape index (κ3) is 3.69. The lowest BCUT2D eigenvalue weighted by atomic mass is 10.2. The quantitative estimate of drug-likeness (QED) is 0.877. The SMILES string of the molecule is CC[C@@H](N)C(=O)Nc1cc(S(C)(=O)=O)ccc1Cl. The van der Waals surface area contributed by atoms with Gasteiger partial charge in [-0.25, -0.2) is 8.42 Å². The van der Waals surface area contributed by atoms with E-state index in [1.807, 2.05) is 0 Å². The van der Waals surface area contributed by atoms with Crippen LogP contribution in [0.5, 0.6) is 0 Å². The molecule has 0 saturated heterocycles. The molecule has 1 aromatic carbocycles. The maximum atomic E-state index is 11.6. The van der Waals surface area contributed by atoms with Crippen LogP contribution in [-0.4, -0.2) is 26.6 Å². The molecule has 18 heavy (non-hydrogen) atoms. The summed E-state index contributed by atoms with van der Waals surface area (Å²) in [6, 6.07) is 3.47. The van der Waals surface area contributed by atoms with E-state index in [9.17, 15) is 13.2 Å². The van der Waals surface area contributed by atoms with Crippen LogP contribution in [-0.2, 0) is 14.6 Å². The van der Waals surface area contributed by atoms with Crippen molar-refractivity contribution in [3.63, 3.8) is 0 Å². The smallest absolute Gasteiger partial charge is 0.241 e. The molecule has 100 valence electrons. The van der Waals surface area contributed by atoms with E-state index in [2.05, 4.69) is 5.32 Å². The highest BCUT2D eigenvalue weighted by atomic mass is 35.5. The summed E-state index contributed by atoms with van der Waals surface area (Å²) >= 11 is 5.89. The van der Waals surface area contributed by atoms with Gasteiger partial charge in [-0.15, -0.1) is 0 Å². The summed E-state index contributed by atoms with van der Waals surface area (Å²) < 4.78 is 22.8. The molecule has 0 saturated carbocycles. The Morgan fingerprint density at radius 1 is 1.50 bits per heavy atom. The number of benzene rings is 1. The molecule has 0 fully saturated rings. The molecular weight excluding hydrogens is 276 g/mol. The summed E-state index contributed by atoms with van der Waals surface area (Å²) in [6.07, 6.45) is 1.56. The molecule has 0 bridgehead atoms. The Morgan fingerprint density at radius 2 is 2.11 bits per heavy atom. The molecule has 1 atom stereocenters. The fraction of sp³-hybridized carbons (Fsp3) is 0.364. The second kappa shape index (κ2) is 5.69. The zero-order chi connectivity index (χ0) is 13.9. The lowest BCUT2D eigenvalue weighted by Gasteiger charge is -2.12. The molecule has 1 aromatic rings. The standard InChI is InChI=1S/C11H15ClN2O3S/c1-3-9(13)11(15)14-10-6-7(18(2,16)17)4-5-8(10)12/h4-6,9H,3,13H2,1-2H3,(H,14,15)/t9-/m1/s1. The Hall–Kier alpha value is -1.11. The fourth-order valence-electron chi connectivity index (χ4n) is 1.24. The molecule has 0 aliphatic rings. The minimum atomic E-state index is -3.34. The molecule has 0 aliphatic heterocycles.